The van der Waals surface area contributed by atoms with E-state index in [2.05, 4.69) is 6.92 Å². The molecule has 0 aliphatic carbocycles. The Hall–Kier alpha value is -1.02. The van der Waals surface area contributed by atoms with Crippen LogP contribution in [0.25, 0.3) is 0 Å². The van der Waals surface area contributed by atoms with Gasteiger partial charge in [-0.3, -0.25) is 4.79 Å². The van der Waals surface area contributed by atoms with Gasteiger partial charge in [0.25, 0.3) is 0 Å². The molecule has 0 saturated heterocycles. The van der Waals surface area contributed by atoms with Crippen LogP contribution in [0.1, 0.15) is 50.7 Å². The highest BCUT2D eigenvalue weighted by atomic mass is 35.5. The van der Waals surface area contributed by atoms with Crippen molar-refractivity contribution in [1.82, 2.24) is 0 Å². The van der Waals surface area contributed by atoms with E-state index in [-0.39, 0.29) is 0 Å². The average Bonchev–Trinajstić information content (AvgIpc) is 2.37. The van der Waals surface area contributed by atoms with Gasteiger partial charge in [0, 0.05) is 5.02 Å². The van der Waals surface area contributed by atoms with Crippen molar-refractivity contribution in [3.05, 3.63) is 34.3 Å². The predicted octanol–water partition coefficient (Wildman–Crippen LogP) is 4.86. The number of rotatable bonds is 7. The van der Waals surface area contributed by atoms with E-state index in [0.717, 1.165) is 24.0 Å². The number of hydrogen-bond donors (Lipinski definition) is 1. The van der Waals surface area contributed by atoms with Crippen molar-refractivity contribution in [2.24, 2.45) is 5.41 Å². The molecular formula is C16H23ClO2. The third kappa shape index (κ3) is 3.97. The number of carboxylic acid groups (broad SMARTS) is 1. The molecule has 1 unspecified atom stereocenters. The molecule has 19 heavy (non-hydrogen) atoms. The summed E-state index contributed by atoms with van der Waals surface area (Å²) < 4.78 is 0. The maximum Gasteiger partial charge on any atom is 0.309 e. The molecule has 1 aromatic rings. The molecule has 0 aromatic heterocycles. The smallest absolute Gasteiger partial charge is 0.309 e. The Kier molecular flexibility index (Phi) is 5.86. The van der Waals surface area contributed by atoms with E-state index in [1.54, 1.807) is 0 Å². The minimum Gasteiger partial charge on any atom is -0.481 e. The van der Waals surface area contributed by atoms with Gasteiger partial charge in [-0.05, 0) is 43.4 Å². The monoisotopic (exact) mass is 282 g/mol. The third-order valence-electron chi connectivity index (χ3n) is 3.88. The van der Waals surface area contributed by atoms with Gasteiger partial charge in [0.15, 0.2) is 0 Å². The summed E-state index contributed by atoms with van der Waals surface area (Å²) in [5, 5.41) is 10.3. The van der Waals surface area contributed by atoms with Crippen molar-refractivity contribution in [1.29, 1.82) is 0 Å². The molecule has 1 N–H and O–H groups in total. The second-order valence-electron chi connectivity index (χ2n) is 5.31. The first-order valence-corrected chi connectivity index (χ1v) is 7.31. The Morgan fingerprint density at radius 2 is 2.05 bits per heavy atom. The summed E-state index contributed by atoms with van der Waals surface area (Å²) in [5.41, 5.74) is 1.35. The summed E-state index contributed by atoms with van der Waals surface area (Å²) >= 11 is 6.24. The first kappa shape index (κ1) is 16.0. The maximum atomic E-state index is 11.7. The minimum absolute atomic E-state index is 0.512. The van der Waals surface area contributed by atoms with Crippen LogP contribution in [0.2, 0.25) is 5.02 Å². The molecule has 1 aromatic carbocycles. The minimum atomic E-state index is -0.708. The molecule has 0 amide bonds. The van der Waals surface area contributed by atoms with Crippen molar-refractivity contribution in [2.75, 3.05) is 0 Å². The van der Waals surface area contributed by atoms with Crippen molar-refractivity contribution in [2.45, 2.75) is 52.9 Å². The van der Waals surface area contributed by atoms with Crippen molar-refractivity contribution >= 4 is 17.6 Å². The van der Waals surface area contributed by atoms with Gasteiger partial charge in [0.2, 0.25) is 0 Å². The third-order valence-corrected chi connectivity index (χ3v) is 4.23. The Morgan fingerprint density at radius 1 is 1.37 bits per heavy atom. The highest BCUT2D eigenvalue weighted by Gasteiger charge is 2.36. The maximum absolute atomic E-state index is 11.7. The molecule has 0 bridgehead atoms. The van der Waals surface area contributed by atoms with Gasteiger partial charge >= 0.3 is 5.97 Å². The van der Waals surface area contributed by atoms with E-state index >= 15 is 0 Å². The molecule has 0 fully saturated rings. The first-order chi connectivity index (χ1) is 8.95. The second kappa shape index (κ2) is 6.95. The standard InChI is InChI=1S/C16H23ClO2/c1-4-6-9-16(5-2,15(18)19)11-13-8-7-12(3)10-14(13)17/h7-8,10H,4-6,9,11H2,1-3H3,(H,18,19). The Morgan fingerprint density at radius 3 is 2.53 bits per heavy atom. The van der Waals surface area contributed by atoms with Gasteiger partial charge < -0.3 is 5.11 Å². The van der Waals surface area contributed by atoms with Crippen LogP contribution >= 0.6 is 11.6 Å². The molecule has 106 valence electrons. The molecule has 0 spiro atoms. The van der Waals surface area contributed by atoms with Crippen LogP contribution < -0.4 is 0 Å². The lowest BCUT2D eigenvalue weighted by Gasteiger charge is -2.28. The van der Waals surface area contributed by atoms with E-state index in [0.29, 0.717) is 24.3 Å². The summed E-state index contributed by atoms with van der Waals surface area (Å²) in [6, 6.07) is 5.85. The lowest BCUT2D eigenvalue weighted by atomic mass is 9.75. The summed E-state index contributed by atoms with van der Waals surface area (Å²) in [7, 11) is 0. The van der Waals surface area contributed by atoms with Crippen LogP contribution in [0, 0.1) is 12.3 Å². The molecule has 0 aliphatic rings. The zero-order chi connectivity index (χ0) is 14.5. The van der Waals surface area contributed by atoms with Gasteiger partial charge in [0.1, 0.15) is 0 Å². The van der Waals surface area contributed by atoms with Crippen molar-refractivity contribution in [3.63, 3.8) is 0 Å². The quantitative estimate of drug-likeness (QED) is 0.775. The number of unbranched alkanes of at least 4 members (excludes halogenated alkanes) is 1. The van der Waals surface area contributed by atoms with Crippen LogP contribution in [-0.2, 0) is 11.2 Å². The lowest BCUT2D eigenvalue weighted by Crippen LogP contribution is -2.33. The molecule has 0 heterocycles. The fraction of sp³-hybridized carbons (Fsp3) is 0.562. The molecular weight excluding hydrogens is 260 g/mol. The van der Waals surface area contributed by atoms with Gasteiger partial charge in [-0.25, -0.2) is 0 Å². The van der Waals surface area contributed by atoms with E-state index in [4.69, 9.17) is 11.6 Å². The highest BCUT2D eigenvalue weighted by molar-refractivity contribution is 6.31. The molecule has 2 nitrogen and oxygen atoms in total. The van der Waals surface area contributed by atoms with E-state index in [9.17, 15) is 9.90 Å². The number of carbonyl (C=O) groups is 1. The Balaban J connectivity index is 3.02. The summed E-state index contributed by atoms with van der Waals surface area (Å²) in [5.74, 6) is -0.708. The predicted molar refractivity (Wildman–Crippen MR) is 79.8 cm³/mol. The van der Waals surface area contributed by atoms with Crippen molar-refractivity contribution in [3.8, 4) is 0 Å². The normalized spacial score (nSPS) is 14.1. The molecule has 1 rings (SSSR count). The molecule has 1 atom stereocenters. The average molecular weight is 283 g/mol. The van der Waals surface area contributed by atoms with Gasteiger partial charge in [-0.15, -0.1) is 0 Å². The van der Waals surface area contributed by atoms with Crippen LogP contribution in [0.15, 0.2) is 18.2 Å². The SMILES string of the molecule is CCCCC(CC)(Cc1ccc(C)cc1Cl)C(=O)O. The first-order valence-electron chi connectivity index (χ1n) is 6.93. The van der Waals surface area contributed by atoms with E-state index in [1.165, 1.54) is 0 Å². The molecule has 0 saturated carbocycles. The molecule has 3 heteroatoms. The van der Waals surface area contributed by atoms with Gasteiger partial charge in [-0.1, -0.05) is 50.4 Å². The fourth-order valence-electron chi connectivity index (χ4n) is 2.40. The van der Waals surface area contributed by atoms with Crippen LogP contribution in [0.3, 0.4) is 0 Å². The largest absolute Gasteiger partial charge is 0.481 e. The van der Waals surface area contributed by atoms with E-state index < -0.39 is 11.4 Å². The Bertz CT molecular complexity index is 442. The van der Waals surface area contributed by atoms with E-state index in [1.807, 2.05) is 32.0 Å². The summed E-state index contributed by atoms with van der Waals surface area (Å²) in [6.07, 6.45) is 3.80. The Labute approximate surface area is 120 Å². The van der Waals surface area contributed by atoms with Crippen LogP contribution in [-0.4, -0.2) is 11.1 Å². The summed E-state index contributed by atoms with van der Waals surface area (Å²) in [4.78, 5) is 11.7. The van der Waals surface area contributed by atoms with Crippen LogP contribution in [0.5, 0.6) is 0 Å². The van der Waals surface area contributed by atoms with Gasteiger partial charge in [-0.2, -0.15) is 0 Å². The number of hydrogen-bond acceptors (Lipinski definition) is 1. The van der Waals surface area contributed by atoms with Crippen molar-refractivity contribution < 1.29 is 9.90 Å². The number of carboxylic acids is 1. The highest BCUT2D eigenvalue weighted by Crippen LogP contribution is 2.35. The second-order valence-corrected chi connectivity index (χ2v) is 5.72. The number of halogens is 1. The topological polar surface area (TPSA) is 37.3 Å². The molecule has 0 radical (unpaired) electrons. The lowest BCUT2D eigenvalue weighted by molar-refractivity contribution is -0.149. The van der Waals surface area contributed by atoms with Crippen LogP contribution in [0.4, 0.5) is 0 Å². The summed E-state index contributed by atoms with van der Waals surface area (Å²) in [6.45, 7) is 6.02. The number of benzene rings is 1. The zero-order valence-electron chi connectivity index (χ0n) is 12.0. The zero-order valence-corrected chi connectivity index (χ0v) is 12.8. The van der Waals surface area contributed by atoms with Gasteiger partial charge in [0.05, 0.1) is 5.41 Å². The molecule has 0 aliphatic heterocycles. The number of aliphatic carboxylic acids is 1. The fourth-order valence-corrected chi connectivity index (χ4v) is 2.70. The number of aryl methyl sites for hydroxylation is 1.